The highest BCUT2D eigenvalue weighted by Gasteiger charge is 2.16. The smallest absolute Gasteiger partial charge is 0.325 e. The predicted molar refractivity (Wildman–Crippen MR) is 72.8 cm³/mol. The quantitative estimate of drug-likeness (QED) is 0.754. The molecule has 2 aromatic rings. The maximum atomic E-state index is 11.9. The topological polar surface area (TPSA) is 104 Å². The van der Waals surface area contributed by atoms with Crippen LogP contribution in [-0.4, -0.2) is 22.0 Å². The number of aromatic amines is 2. The van der Waals surface area contributed by atoms with E-state index < -0.39 is 23.3 Å². The number of hydrogen-bond donors (Lipinski definition) is 3. The van der Waals surface area contributed by atoms with Gasteiger partial charge < -0.3 is 15.0 Å². The summed E-state index contributed by atoms with van der Waals surface area (Å²) in [6.07, 6.45) is 0.345. The Kier molecular flexibility index (Phi) is 3.99. The van der Waals surface area contributed by atoms with E-state index in [0.29, 0.717) is 5.75 Å². The van der Waals surface area contributed by atoms with Crippen LogP contribution in [0.4, 0.5) is 5.69 Å². The van der Waals surface area contributed by atoms with E-state index in [0.717, 1.165) is 6.20 Å². The summed E-state index contributed by atoms with van der Waals surface area (Å²) in [5.74, 6) is 0.0527. The van der Waals surface area contributed by atoms with Crippen molar-refractivity contribution >= 4 is 11.6 Å². The summed E-state index contributed by atoms with van der Waals surface area (Å²) in [5.41, 5.74) is -1.35. The van der Waals surface area contributed by atoms with E-state index in [-0.39, 0.29) is 5.69 Å². The number of aromatic nitrogens is 2. The van der Waals surface area contributed by atoms with Gasteiger partial charge in [0.2, 0.25) is 0 Å². The van der Waals surface area contributed by atoms with E-state index in [2.05, 4.69) is 10.3 Å². The molecule has 104 valence electrons. The van der Waals surface area contributed by atoms with Gasteiger partial charge in [0, 0.05) is 6.20 Å². The number of anilines is 1. The SMILES string of the molecule is C[C@H](Oc1ccccc1)C(=O)Nc1c[nH]c(=O)[nH]c1=O. The standard InChI is InChI=1S/C13H13N3O4/c1-8(20-9-5-3-2-4-6-9)11(17)15-10-7-14-13(19)16-12(10)18/h2-8H,1H3,(H,15,17)(H2,14,16,18,19)/t8-/m0/s1. The Labute approximate surface area is 113 Å². The summed E-state index contributed by atoms with van der Waals surface area (Å²) in [4.78, 5) is 38.4. The summed E-state index contributed by atoms with van der Waals surface area (Å²) in [6.45, 7) is 1.56. The molecule has 1 heterocycles. The molecule has 0 fully saturated rings. The minimum Gasteiger partial charge on any atom is -0.481 e. The summed E-state index contributed by atoms with van der Waals surface area (Å²) >= 11 is 0. The maximum Gasteiger partial charge on any atom is 0.325 e. The van der Waals surface area contributed by atoms with Crippen LogP contribution >= 0.6 is 0 Å². The molecular weight excluding hydrogens is 262 g/mol. The van der Waals surface area contributed by atoms with Crippen LogP contribution in [0.25, 0.3) is 0 Å². The van der Waals surface area contributed by atoms with Gasteiger partial charge in [-0.1, -0.05) is 18.2 Å². The molecule has 0 bridgehead atoms. The predicted octanol–water partition coefficient (Wildman–Crippen LogP) is 0.469. The van der Waals surface area contributed by atoms with Crippen LogP contribution in [0.2, 0.25) is 0 Å². The first kappa shape index (κ1) is 13.6. The van der Waals surface area contributed by atoms with Crippen molar-refractivity contribution in [2.75, 3.05) is 5.32 Å². The van der Waals surface area contributed by atoms with Gasteiger partial charge in [-0.05, 0) is 19.1 Å². The summed E-state index contributed by atoms with van der Waals surface area (Å²) in [5, 5.41) is 2.38. The van der Waals surface area contributed by atoms with Gasteiger partial charge in [-0.15, -0.1) is 0 Å². The van der Waals surface area contributed by atoms with Crippen LogP contribution < -0.4 is 21.3 Å². The first-order chi connectivity index (χ1) is 9.56. The van der Waals surface area contributed by atoms with Crippen LogP contribution in [-0.2, 0) is 4.79 Å². The Bertz CT molecular complexity index is 705. The molecule has 20 heavy (non-hydrogen) atoms. The summed E-state index contributed by atoms with van der Waals surface area (Å²) in [7, 11) is 0. The third-order valence-corrected chi connectivity index (χ3v) is 2.50. The van der Waals surface area contributed by atoms with Crippen LogP contribution in [0.15, 0.2) is 46.1 Å². The van der Waals surface area contributed by atoms with Gasteiger partial charge >= 0.3 is 5.69 Å². The molecule has 0 spiro atoms. The average molecular weight is 275 g/mol. The average Bonchev–Trinajstić information content (AvgIpc) is 2.43. The van der Waals surface area contributed by atoms with E-state index in [1.54, 1.807) is 31.2 Å². The molecule has 0 saturated heterocycles. The van der Waals surface area contributed by atoms with Crippen LogP contribution in [0.3, 0.4) is 0 Å². The van der Waals surface area contributed by atoms with Crippen molar-refractivity contribution in [3.8, 4) is 5.75 Å². The Balaban J connectivity index is 2.04. The minimum atomic E-state index is -0.788. The lowest BCUT2D eigenvalue weighted by molar-refractivity contribution is -0.122. The molecule has 3 N–H and O–H groups in total. The number of para-hydroxylation sites is 1. The number of hydrogen-bond acceptors (Lipinski definition) is 4. The van der Waals surface area contributed by atoms with Gasteiger partial charge in [-0.25, -0.2) is 4.79 Å². The number of ether oxygens (including phenoxy) is 1. The maximum absolute atomic E-state index is 11.9. The Hall–Kier alpha value is -2.83. The van der Waals surface area contributed by atoms with Gasteiger partial charge in [0.1, 0.15) is 11.4 Å². The lowest BCUT2D eigenvalue weighted by Crippen LogP contribution is -2.33. The highest BCUT2D eigenvalue weighted by atomic mass is 16.5. The Morgan fingerprint density at radius 1 is 1.25 bits per heavy atom. The largest absolute Gasteiger partial charge is 0.481 e. The normalized spacial score (nSPS) is 11.7. The van der Waals surface area contributed by atoms with Gasteiger partial charge in [-0.3, -0.25) is 14.6 Å². The molecule has 2 rings (SSSR count). The second-order valence-corrected chi connectivity index (χ2v) is 4.05. The highest BCUT2D eigenvalue weighted by molar-refractivity contribution is 5.93. The van der Waals surface area contributed by atoms with Crippen molar-refractivity contribution in [3.63, 3.8) is 0 Å². The van der Waals surface area contributed by atoms with Crippen molar-refractivity contribution < 1.29 is 9.53 Å². The van der Waals surface area contributed by atoms with E-state index >= 15 is 0 Å². The lowest BCUT2D eigenvalue weighted by Gasteiger charge is -2.14. The van der Waals surface area contributed by atoms with Gasteiger partial charge in [0.15, 0.2) is 6.10 Å². The monoisotopic (exact) mass is 275 g/mol. The first-order valence-corrected chi connectivity index (χ1v) is 5.91. The minimum absolute atomic E-state index is 0.0434. The second-order valence-electron chi connectivity index (χ2n) is 4.05. The van der Waals surface area contributed by atoms with Crippen molar-refractivity contribution in [1.82, 2.24) is 9.97 Å². The van der Waals surface area contributed by atoms with E-state index in [9.17, 15) is 14.4 Å². The molecular formula is C13H13N3O4. The second kappa shape index (κ2) is 5.87. The number of H-pyrrole nitrogens is 2. The molecule has 1 atom stereocenters. The molecule has 1 amide bonds. The molecule has 0 aliphatic heterocycles. The summed E-state index contributed by atoms with van der Waals surface area (Å²) in [6, 6.07) is 8.84. The zero-order chi connectivity index (χ0) is 14.5. The number of carbonyl (C=O) groups excluding carboxylic acids is 1. The van der Waals surface area contributed by atoms with Crippen molar-refractivity contribution in [2.45, 2.75) is 13.0 Å². The number of benzene rings is 1. The molecule has 0 radical (unpaired) electrons. The third-order valence-electron chi connectivity index (χ3n) is 2.50. The molecule has 0 aliphatic carbocycles. The Morgan fingerprint density at radius 3 is 2.60 bits per heavy atom. The first-order valence-electron chi connectivity index (χ1n) is 5.91. The number of rotatable bonds is 4. The van der Waals surface area contributed by atoms with Gasteiger partial charge in [-0.2, -0.15) is 0 Å². The fourth-order valence-corrected chi connectivity index (χ4v) is 1.49. The number of carbonyl (C=O) groups is 1. The van der Waals surface area contributed by atoms with Gasteiger partial charge in [0.25, 0.3) is 11.5 Å². The fraction of sp³-hybridized carbons (Fsp3) is 0.154. The molecule has 1 aromatic heterocycles. The lowest BCUT2D eigenvalue weighted by atomic mass is 10.3. The zero-order valence-electron chi connectivity index (χ0n) is 10.7. The van der Waals surface area contributed by atoms with Crippen molar-refractivity contribution in [1.29, 1.82) is 0 Å². The highest BCUT2D eigenvalue weighted by Crippen LogP contribution is 2.11. The molecule has 7 heteroatoms. The van der Waals surface area contributed by atoms with Crippen LogP contribution in [0, 0.1) is 0 Å². The van der Waals surface area contributed by atoms with E-state index in [4.69, 9.17) is 4.74 Å². The number of nitrogens with one attached hydrogen (secondary N) is 3. The zero-order valence-corrected chi connectivity index (χ0v) is 10.7. The third kappa shape index (κ3) is 3.35. The molecule has 0 unspecified atom stereocenters. The van der Waals surface area contributed by atoms with Crippen molar-refractivity contribution in [3.05, 3.63) is 57.4 Å². The number of amides is 1. The fourth-order valence-electron chi connectivity index (χ4n) is 1.49. The van der Waals surface area contributed by atoms with Gasteiger partial charge in [0.05, 0.1) is 0 Å². The van der Waals surface area contributed by atoms with Crippen LogP contribution in [0.1, 0.15) is 6.92 Å². The molecule has 0 aliphatic rings. The summed E-state index contributed by atoms with van der Waals surface area (Å²) < 4.78 is 5.42. The molecule has 1 aromatic carbocycles. The Morgan fingerprint density at radius 2 is 1.95 bits per heavy atom. The van der Waals surface area contributed by atoms with Crippen molar-refractivity contribution in [2.24, 2.45) is 0 Å². The molecule has 7 nitrogen and oxygen atoms in total. The molecule has 0 saturated carbocycles. The van der Waals surface area contributed by atoms with E-state index in [1.807, 2.05) is 11.1 Å². The van der Waals surface area contributed by atoms with Crippen LogP contribution in [0.5, 0.6) is 5.75 Å². The van der Waals surface area contributed by atoms with E-state index in [1.165, 1.54) is 0 Å².